The minimum Gasteiger partial charge on any atom is -0.379 e. The number of ether oxygens (including phenoxy) is 1. The van der Waals surface area contributed by atoms with E-state index in [1.807, 2.05) is 18.2 Å². The second-order valence-electron chi connectivity index (χ2n) is 4.68. The lowest BCUT2D eigenvalue weighted by atomic mass is 9.94. The summed E-state index contributed by atoms with van der Waals surface area (Å²) in [6, 6.07) is 7.82. The normalized spacial score (nSPS) is 24.1. The van der Waals surface area contributed by atoms with Crippen LogP contribution in [0.5, 0.6) is 0 Å². The van der Waals surface area contributed by atoms with Gasteiger partial charge in [0.05, 0.1) is 23.8 Å². The molecule has 1 saturated heterocycles. The van der Waals surface area contributed by atoms with E-state index in [0.717, 1.165) is 29.6 Å². The molecule has 1 N–H and O–H groups in total. The van der Waals surface area contributed by atoms with Crippen molar-refractivity contribution in [2.24, 2.45) is 0 Å². The van der Waals surface area contributed by atoms with Gasteiger partial charge < -0.3 is 10.1 Å². The minimum atomic E-state index is -0.0359. The van der Waals surface area contributed by atoms with Crippen LogP contribution in [0.2, 0.25) is 0 Å². The van der Waals surface area contributed by atoms with Crippen LogP contribution in [0.15, 0.2) is 22.7 Å². The van der Waals surface area contributed by atoms with Crippen molar-refractivity contribution in [1.29, 1.82) is 5.26 Å². The molecule has 1 aliphatic rings. The zero-order valence-corrected chi connectivity index (χ0v) is 11.4. The third kappa shape index (κ3) is 3.21. The van der Waals surface area contributed by atoms with E-state index >= 15 is 0 Å². The van der Waals surface area contributed by atoms with Crippen molar-refractivity contribution < 1.29 is 4.74 Å². The maximum absolute atomic E-state index is 8.93. The summed E-state index contributed by atoms with van der Waals surface area (Å²) in [4.78, 5) is 0. The predicted molar refractivity (Wildman–Crippen MR) is 70.9 cm³/mol. The van der Waals surface area contributed by atoms with Crippen LogP contribution < -0.4 is 5.32 Å². The lowest BCUT2D eigenvalue weighted by Gasteiger charge is -2.35. The van der Waals surface area contributed by atoms with Crippen molar-refractivity contribution in [1.82, 2.24) is 0 Å². The standard InChI is InChI=1S/C13H15BrN2O/c1-13(3-2-4-17-9-13)16-12-6-10(8-15)5-11(14)7-12/h5-7,16H,2-4,9H2,1H3. The van der Waals surface area contributed by atoms with E-state index in [-0.39, 0.29) is 5.54 Å². The Morgan fingerprint density at radius 3 is 2.94 bits per heavy atom. The van der Waals surface area contributed by atoms with E-state index in [4.69, 9.17) is 10.00 Å². The zero-order valence-electron chi connectivity index (χ0n) is 9.79. The maximum Gasteiger partial charge on any atom is 0.0992 e. The third-order valence-electron chi connectivity index (χ3n) is 2.91. The quantitative estimate of drug-likeness (QED) is 0.910. The number of halogens is 1. The highest BCUT2D eigenvalue weighted by Crippen LogP contribution is 2.26. The van der Waals surface area contributed by atoms with Crippen LogP contribution in [0.3, 0.4) is 0 Å². The molecular formula is C13H15BrN2O. The van der Waals surface area contributed by atoms with Gasteiger partial charge in [-0.2, -0.15) is 5.26 Å². The Morgan fingerprint density at radius 2 is 2.29 bits per heavy atom. The number of nitrogens with zero attached hydrogens (tertiary/aromatic N) is 1. The lowest BCUT2D eigenvalue weighted by Crippen LogP contribution is -2.43. The van der Waals surface area contributed by atoms with Crippen molar-refractivity contribution in [3.05, 3.63) is 28.2 Å². The fraction of sp³-hybridized carbons (Fsp3) is 0.462. The molecule has 0 bridgehead atoms. The second-order valence-corrected chi connectivity index (χ2v) is 5.60. The van der Waals surface area contributed by atoms with Crippen LogP contribution in [-0.2, 0) is 4.74 Å². The minimum absolute atomic E-state index is 0.0359. The Balaban J connectivity index is 2.17. The highest BCUT2D eigenvalue weighted by atomic mass is 79.9. The summed E-state index contributed by atoms with van der Waals surface area (Å²) >= 11 is 3.41. The third-order valence-corrected chi connectivity index (χ3v) is 3.37. The molecule has 90 valence electrons. The van der Waals surface area contributed by atoms with Gasteiger partial charge in [0.2, 0.25) is 0 Å². The van der Waals surface area contributed by atoms with Gasteiger partial charge in [-0.05, 0) is 38.0 Å². The second kappa shape index (κ2) is 5.07. The first kappa shape index (κ1) is 12.4. The Kier molecular flexibility index (Phi) is 3.70. The van der Waals surface area contributed by atoms with Gasteiger partial charge in [-0.15, -0.1) is 0 Å². The first-order valence-electron chi connectivity index (χ1n) is 5.68. The van der Waals surface area contributed by atoms with Crippen LogP contribution in [0.4, 0.5) is 5.69 Å². The Bertz CT molecular complexity index is 447. The first-order valence-corrected chi connectivity index (χ1v) is 6.47. The highest BCUT2D eigenvalue weighted by molar-refractivity contribution is 9.10. The Labute approximate surface area is 110 Å². The van der Waals surface area contributed by atoms with E-state index in [2.05, 4.69) is 34.2 Å². The van der Waals surface area contributed by atoms with Crippen LogP contribution in [0, 0.1) is 11.3 Å². The monoisotopic (exact) mass is 294 g/mol. The Morgan fingerprint density at radius 1 is 1.47 bits per heavy atom. The smallest absolute Gasteiger partial charge is 0.0992 e. The summed E-state index contributed by atoms with van der Waals surface area (Å²) in [7, 11) is 0. The first-order chi connectivity index (χ1) is 8.11. The van der Waals surface area contributed by atoms with E-state index in [9.17, 15) is 0 Å². The van der Waals surface area contributed by atoms with Crippen molar-refractivity contribution in [3.63, 3.8) is 0 Å². The van der Waals surface area contributed by atoms with Gasteiger partial charge in [0.1, 0.15) is 0 Å². The number of benzene rings is 1. The molecule has 0 spiro atoms. The van der Waals surface area contributed by atoms with Crippen molar-refractivity contribution >= 4 is 21.6 Å². The Hall–Kier alpha value is -1.05. The lowest BCUT2D eigenvalue weighted by molar-refractivity contribution is 0.0540. The van der Waals surface area contributed by atoms with Gasteiger partial charge in [-0.1, -0.05) is 15.9 Å². The molecule has 1 aromatic carbocycles. The fourth-order valence-corrected chi connectivity index (χ4v) is 2.60. The molecule has 1 aromatic rings. The molecule has 0 aromatic heterocycles. The predicted octanol–water partition coefficient (Wildman–Crippen LogP) is 3.30. The molecule has 1 fully saturated rings. The van der Waals surface area contributed by atoms with Crippen LogP contribution >= 0.6 is 15.9 Å². The SMILES string of the molecule is CC1(Nc2cc(Br)cc(C#N)c2)CCCOC1. The molecule has 1 aliphatic heterocycles. The van der Waals surface area contributed by atoms with Gasteiger partial charge in [-0.3, -0.25) is 0 Å². The van der Waals surface area contributed by atoms with E-state index < -0.39 is 0 Å². The molecule has 1 heterocycles. The van der Waals surface area contributed by atoms with Gasteiger partial charge >= 0.3 is 0 Å². The molecule has 2 rings (SSSR count). The number of hydrogen-bond acceptors (Lipinski definition) is 3. The van der Waals surface area contributed by atoms with Crippen LogP contribution in [0.1, 0.15) is 25.3 Å². The molecular weight excluding hydrogens is 280 g/mol. The molecule has 4 heteroatoms. The van der Waals surface area contributed by atoms with Crippen molar-refractivity contribution in [2.45, 2.75) is 25.3 Å². The zero-order chi connectivity index (χ0) is 12.3. The number of anilines is 1. The van der Waals surface area contributed by atoms with Crippen LogP contribution in [0.25, 0.3) is 0 Å². The van der Waals surface area contributed by atoms with E-state index in [1.54, 1.807) is 0 Å². The fourth-order valence-electron chi connectivity index (χ4n) is 2.11. The van der Waals surface area contributed by atoms with Gasteiger partial charge in [0.25, 0.3) is 0 Å². The summed E-state index contributed by atoms with van der Waals surface area (Å²) in [5.41, 5.74) is 1.58. The molecule has 0 radical (unpaired) electrons. The number of rotatable bonds is 2. The topological polar surface area (TPSA) is 45.0 Å². The average Bonchev–Trinajstić information content (AvgIpc) is 2.28. The maximum atomic E-state index is 8.93. The molecule has 17 heavy (non-hydrogen) atoms. The van der Waals surface area contributed by atoms with Crippen molar-refractivity contribution in [2.75, 3.05) is 18.5 Å². The molecule has 0 aliphatic carbocycles. The van der Waals surface area contributed by atoms with E-state index in [0.29, 0.717) is 12.2 Å². The van der Waals surface area contributed by atoms with Gasteiger partial charge in [0, 0.05) is 16.8 Å². The molecule has 0 saturated carbocycles. The van der Waals surface area contributed by atoms with Crippen LogP contribution in [-0.4, -0.2) is 18.8 Å². The average molecular weight is 295 g/mol. The number of nitriles is 1. The molecule has 1 atom stereocenters. The highest BCUT2D eigenvalue weighted by Gasteiger charge is 2.27. The molecule has 1 unspecified atom stereocenters. The van der Waals surface area contributed by atoms with Gasteiger partial charge in [0.15, 0.2) is 0 Å². The number of nitrogens with one attached hydrogen (secondary N) is 1. The molecule has 3 nitrogen and oxygen atoms in total. The van der Waals surface area contributed by atoms with E-state index in [1.165, 1.54) is 0 Å². The summed E-state index contributed by atoms with van der Waals surface area (Å²) in [6.45, 7) is 3.71. The van der Waals surface area contributed by atoms with Gasteiger partial charge in [-0.25, -0.2) is 0 Å². The summed E-state index contributed by atoms with van der Waals surface area (Å²) < 4.78 is 6.42. The largest absolute Gasteiger partial charge is 0.379 e. The number of hydrogen-bond donors (Lipinski definition) is 1. The summed E-state index contributed by atoms with van der Waals surface area (Å²) in [5, 5.41) is 12.4. The molecule has 0 amide bonds. The summed E-state index contributed by atoms with van der Waals surface area (Å²) in [6.07, 6.45) is 2.16. The van der Waals surface area contributed by atoms with Crippen molar-refractivity contribution in [3.8, 4) is 6.07 Å². The summed E-state index contributed by atoms with van der Waals surface area (Å²) in [5.74, 6) is 0.